The molecule has 0 aromatic rings. The molecule has 192 valence electrons. The first-order chi connectivity index (χ1) is 14.5. The van der Waals surface area contributed by atoms with E-state index in [1.165, 1.54) is 0 Å². The maximum Gasteiger partial charge on any atom is 2.00 e. The Morgan fingerprint density at radius 1 is 0.636 bits per heavy atom. The molecule has 0 fully saturated rings. The van der Waals surface area contributed by atoms with Crippen molar-refractivity contribution >= 4 is 109 Å². The third-order valence-corrected chi connectivity index (χ3v) is 2.84. The molecule has 0 rings (SSSR count). The first-order valence-electron chi connectivity index (χ1n) is 7.92. The monoisotopic (exact) mass is 586 g/mol. The Hall–Kier alpha value is 0.420. The molecule has 0 aromatic heterocycles. The van der Waals surface area contributed by atoms with E-state index in [1.807, 2.05) is 0 Å². The van der Waals surface area contributed by atoms with Crippen molar-refractivity contribution in [1.82, 2.24) is 0 Å². The van der Waals surface area contributed by atoms with E-state index in [9.17, 15) is 9.59 Å². The van der Waals surface area contributed by atoms with Crippen LogP contribution >= 0.6 is 24.4 Å². The fourth-order valence-electron chi connectivity index (χ4n) is 1.24. The quantitative estimate of drug-likeness (QED) is 0.0490. The van der Waals surface area contributed by atoms with Gasteiger partial charge in [-0.25, -0.2) is 0 Å². The van der Waals surface area contributed by atoms with Crippen molar-refractivity contribution in [2.45, 2.75) is 48.8 Å². The fourth-order valence-corrected chi connectivity index (χ4v) is 1.24. The van der Waals surface area contributed by atoms with Gasteiger partial charge in [-0.15, -0.1) is 0 Å². The molecule has 0 heterocycles. The molecule has 0 aliphatic heterocycles. The summed E-state index contributed by atoms with van der Waals surface area (Å²) in [5, 5.41) is 102. The molecule has 0 unspecified atom stereocenters. The van der Waals surface area contributed by atoms with E-state index >= 15 is 0 Å². The van der Waals surface area contributed by atoms with Crippen LogP contribution in [0.25, 0.3) is 0 Å². The zero-order valence-electron chi connectivity index (χ0n) is 16.7. The van der Waals surface area contributed by atoms with Crippen molar-refractivity contribution in [2.75, 3.05) is 13.2 Å². The van der Waals surface area contributed by atoms with E-state index in [1.54, 1.807) is 0 Å². The van der Waals surface area contributed by atoms with Crippen molar-refractivity contribution in [3.8, 4) is 0 Å². The van der Waals surface area contributed by atoms with Gasteiger partial charge in [-0.1, -0.05) is 0 Å². The molecule has 0 spiro atoms. The average molecular weight is 587 g/mol. The minimum absolute atomic E-state index is 0. The van der Waals surface area contributed by atoms with Gasteiger partial charge in [0.25, 0.3) is 0 Å². The first-order valence-corrected chi connectivity index (χ1v) is 9.55. The number of aliphatic hydroxyl groups excluding tert-OH is 12. The van der Waals surface area contributed by atoms with E-state index in [4.69, 9.17) is 61.3 Å². The van der Waals surface area contributed by atoms with Crippen LogP contribution in [0.15, 0.2) is 0 Å². The number of aldehydes is 2. The molecule has 0 aliphatic carbocycles. The fraction of sp³-hybridized carbons (Fsp3) is 0.714. The summed E-state index contributed by atoms with van der Waals surface area (Å²) in [6.07, 6.45) is -13.7. The molecule has 0 aromatic carbocycles. The molecular formula is C14H26CaO14S4. The molecule has 0 aliphatic rings. The Labute approximate surface area is 239 Å². The van der Waals surface area contributed by atoms with E-state index in [0.29, 0.717) is 0 Å². The van der Waals surface area contributed by atoms with Crippen molar-refractivity contribution in [2.24, 2.45) is 0 Å². The molecule has 0 saturated heterocycles. The van der Waals surface area contributed by atoms with E-state index < -0.39 is 70.8 Å². The molecule has 0 saturated carbocycles. The van der Waals surface area contributed by atoms with Gasteiger partial charge in [0, 0.05) is 8.77 Å². The van der Waals surface area contributed by atoms with Gasteiger partial charge in [0.15, 0.2) is 12.6 Å². The summed E-state index contributed by atoms with van der Waals surface area (Å²) in [5.41, 5.74) is 0. The number of aliphatic hydroxyl groups is 12. The molecule has 19 heteroatoms. The number of carbonyl (C=O) groups excluding carboxylic acids is 2. The molecule has 0 radical (unpaired) electrons. The van der Waals surface area contributed by atoms with Crippen molar-refractivity contribution in [3.63, 3.8) is 0 Å². The third kappa shape index (κ3) is 28.5. The molecular weight excluding hydrogens is 560 g/mol. The van der Waals surface area contributed by atoms with Crippen LogP contribution in [0.5, 0.6) is 0 Å². The van der Waals surface area contributed by atoms with E-state index in [0.717, 1.165) is 0 Å². The summed E-state index contributed by atoms with van der Waals surface area (Å²) in [7, 11) is 0. The van der Waals surface area contributed by atoms with Crippen LogP contribution < -0.4 is 0 Å². The van der Waals surface area contributed by atoms with Crippen LogP contribution in [0.3, 0.4) is 0 Å². The zero-order valence-corrected chi connectivity index (χ0v) is 22.2. The molecule has 8 atom stereocenters. The topological polar surface area (TPSA) is 277 Å². The predicted molar refractivity (Wildman–Crippen MR) is 125 cm³/mol. The van der Waals surface area contributed by atoms with Gasteiger partial charge in [-0.05, 0) is 0 Å². The Balaban J connectivity index is -0.000000117. The Bertz CT molecular complexity index is 468. The minimum Gasteiger partial charge on any atom is -0.528 e. The van der Waals surface area contributed by atoms with E-state index in [2.05, 4.69) is 49.7 Å². The second-order valence-electron chi connectivity index (χ2n) is 5.25. The molecule has 33 heavy (non-hydrogen) atoms. The first kappa shape index (κ1) is 43.5. The van der Waals surface area contributed by atoms with Gasteiger partial charge in [0.05, 0.1) is 13.2 Å². The summed E-state index contributed by atoms with van der Waals surface area (Å²) in [4.78, 5) is 19.8. The number of hydrogen-bond donors (Lipinski definition) is 12. The van der Waals surface area contributed by atoms with Crippen LogP contribution in [-0.2, 0) is 34.8 Å². The summed E-state index contributed by atoms with van der Waals surface area (Å²) >= 11 is 15.6. The van der Waals surface area contributed by atoms with Gasteiger partial charge in [-0.3, -0.25) is 0 Å². The summed E-state index contributed by atoms with van der Waals surface area (Å²) < 4.78 is -0.833. The average Bonchev–Trinajstić information content (AvgIpc) is 2.74. The van der Waals surface area contributed by atoms with Crippen LogP contribution in [0.4, 0.5) is 0 Å². The summed E-state index contributed by atoms with van der Waals surface area (Å²) in [5.74, 6) is 0. The minimum atomic E-state index is -1.79. The van der Waals surface area contributed by atoms with Crippen LogP contribution in [0.1, 0.15) is 0 Å². The number of carbonyl (C=O) groups is 2. The Morgan fingerprint density at radius 2 is 0.818 bits per heavy atom. The number of hydrogen-bond acceptors (Lipinski definition) is 16. The van der Waals surface area contributed by atoms with Gasteiger partial charge >= 0.3 is 37.7 Å². The van der Waals surface area contributed by atoms with Crippen molar-refractivity contribution < 1.29 is 70.9 Å². The maximum atomic E-state index is 9.90. The van der Waals surface area contributed by atoms with Crippen molar-refractivity contribution in [1.29, 1.82) is 0 Å². The second kappa shape index (κ2) is 27.0. The standard InChI is InChI=1S/2C6H12O6.2CH2OS2.Ca/c2*7-1-3(9)5(11)6(12)4(10)2-8;2*2-1(3)4;/h2*1,3-6,8-12H,2H2;2*(H2,2,3,4);/q;;;;+2/p-2/t2*3-,4+,5+,6+;;;/m00.../s1. The predicted octanol–water partition coefficient (Wildman–Crippen LogP) is -6.39. The molecule has 0 amide bonds. The largest absolute Gasteiger partial charge is 2.00 e. The van der Waals surface area contributed by atoms with Crippen LogP contribution in [0, 0.1) is 0 Å². The van der Waals surface area contributed by atoms with Gasteiger partial charge in [0.2, 0.25) is 0 Å². The third-order valence-electron chi connectivity index (χ3n) is 2.84. The number of rotatable bonds is 10. The molecule has 0 bridgehead atoms. The Morgan fingerprint density at radius 3 is 0.939 bits per heavy atom. The Kier molecular flexibility index (Phi) is 35.6. The second-order valence-corrected chi connectivity index (χ2v) is 7.31. The van der Waals surface area contributed by atoms with E-state index in [-0.39, 0.29) is 50.3 Å². The molecule has 14 nitrogen and oxygen atoms in total. The normalized spacial score (nSPS) is 16.8. The smallest absolute Gasteiger partial charge is 0.528 e. The van der Waals surface area contributed by atoms with Gasteiger partial charge in [-0.2, -0.15) is 0 Å². The van der Waals surface area contributed by atoms with Crippen LogP contribution in [0.2, 0.25) is 0 Å². The molecule has 12 N–H and O–H groups in total. The maximum absolute atomic E-state index is 9.90. The number of thiocarbonyl (C=S) groups is 2. The van der Waals surface area contributed by atoms with Crippen molar-refractivity contribution in [3.05, 3.63) is 0 Å². The summed E-state index contributed by atoms with van der Waals surface area (Å²) in [6.45, 7) is -1.52. The van der Waals surface area contributed by atoms with Gasteiger partial charge < -0.3 is 121 Å². The van der Waals surface area contributed by atoms with Gasteiger partial charge in [0.1, 0.15) is 48.8 Å². The zero-order chi connectivity index (χ0) is 26.6. The SMILES string of the molecule is O=C[C@H](O)[C@@H](O)[C@H](O)[C@H](O)CO.O=C[C@H](O)[C@@H](O)[C@H](O)[C@H](O)CO.OC(=S)[S-].OC(=S)[S-].[Ca+2]. The van der Waals surface area contributed by atoms with Crippen LogP contribution in [-0.4, -0.2) is 182 Å². The summed E-state index contributed by atoms with van der Waals surface area (Å²) in [6, 6.07) is 0.